The summed E-state index contributed by atoms with van der Waals surface area (Å²) in [6, 6.07) is 12.9. The van der Waals surface area contributed by atoms with Gasteiger partial charge in [0.15, 0.2) is 0 Å². The molecule has 7 heteroatoms. The van der Waals surface area contributed by atoms with E-state index in [1.165, 1.54) is 0 Å². The predicted molar refractivity (Wildman–Crippen MR) is 114 cm³/mol. The standard InChI is InChI=1S/C25H28F3NO3/c1-17(2)32-24(15-31-16-24)21-7-5-20(6-8-21)23(30)29-13-11-19(12-14-29)18-3-9-22(10-4-18)25(26,27)28/h3-10,17,19H,11-16H2,1-2H3. The molecule has 2 aliphatic rings. The van der Waals surface area contributed by atoms with Crippen LogP contribution in [0, 0.1) is 0 Å². The van der Waals surface area contributed by atoms with Crippen LogP contribution < -0.4 is 0 Å². The van der Waals surface area contributed by atoms with Crippen LogP contribution in [0.25, 0.3) is 0 Å². The normalized spacial score (nSPS) is 19.1. The summed E-state index contributed by atoms with van der Waals surface area (Å²) in [6.07, 6.45) is -2.78. The van der Waals surface area contributed by atoms with Crippen molar-refractivity contribution < 1.29 is 27.4 Å². The number of likely N-dealkylation sites (tertiary alicyclic amines) is 1. The highest BCUT2D eigenvalue weighted by atomic mass is 19.4. The van der Waals surface area contributed by atoms with Gasteiger partial charge in [-0.2, -0.15) is 13.2 Å². The lowest BCUT2D eigenvalue weighted by atomic mass is 9.88. The van der Waals surface area contributed by atoms with Gasteiger partial charge < -0.3 is 14.4 Å². The minimum atomic E-state index is -4.32. The maximum absolute atomic E-state index is 13.0. The van der Waals surface area contributed by atoms with E-state index in [2.05, 4.69) is 0 Å². The third-order valence-corrected chi connectivity index (χ3v) is 6.28. The van der Waals surface area contributed by atoms with E-state index in [0.29, 0.717) is 31.9 Å². The van der Waals surface area contributed by atoms with Gasteiger partial charge in [0.2, 0.25) is 0 Å². The fourth-order valence-electron chi connectivity index (χ4n) is 4.50. The van der Waals surface area contributed by atoms with E-state index >= 15 is 0 Å². The highest BCUT2D eigenvalue weighted by Crippen LogP contribution is 2.36. The molecule has 0 radical (unpaired) electrons. The van der Waals surface area contributed by atoms with E-state index < -0.39 is 17.3 Å². The largest absolute Gasteiger partial charge is 0.416 e. The van der Waals surface area contributed by atoms with E-state index in [-0.39, 0.29) is 17.9 Å². The summed E-state index contributed by atoms with van der Waals surface area (Å²) in [5, 5.41) is 0. The number of hydrogen-bond donors (Lipinski definition) is 0. The molecular weight excluding hydrogens is 419 g/mol. The van der Waals surface area contributed by atoms with Crippen LogP contribution in [0.1, 0.15) is 59.7 Å². The molecular formula is C25H28F3NO3. The number of alkyl halides is 3. The lowest BCUT2D eigenvalue weighted by molar-refractivity contribution is -0.232. The van der Waals surface area contributed by atoms with Crippen molar-refractivity contribution in [2.45, 2.75) is 50.5 Å². The van der Waals surface area contributed by atoms with Crippen LogP contribution in [0.4, 0.5) is 13.2 Å². The van der Waals surface area contributed by atoms with Crippen LogP contribution in [0.15, 0.2) is 48.5 Å². The van der Waals surface area contributed by atoms with Crippen molar-refractivity contribution in [1.29, 1.82) is 0 Å². The number of nitrogens with zero attached hydrogens (tertiary/aromatic N) is 1. The first-order chi connectivity index (χ1) is 15.2. The average Bonchev–Trinajstić information content (AvgIpc) is 2.75. The Bertz CT molecular complexity index is 926. The maximum atomic E-state index is 13.0. The predicted octanol–water partition coefficient (Wildman–Crippen LogP) is 5.38. The van der Waals surface area contributed by atoms with Crippen molar-refractivity contribution in [3.8, 4) is 0 Å². The number of carbonyl (C=O) groups is 1. The molecule has 0 atom stereocenters. The molecule has 0 N–H and O–H groups in total. The van der Waals surface area contributed by atoms with E-state index in [1.807, 2.05) is 43.0 Å². The monoisotopic (exact) mass is 447 g/mol. The van der Waals surface area contributed by atoms with Gasteiger partial charge in [0.1, 0.15) is 5.60 Å². The molecule has 4 rings (SSSR count). The minimum Gasteiger partial charge on any atom is -0.375 e. The summed E-state index contributed by atoms with van der Waals surface area (Å²) in [6.45, 7) is 6.17. The summed E-state index contributed by atoms with van der Waals surface area (Å²) >= 11 is 0. The summed E-state index contributed by atoms with van der Waals surface area (Å²) < 4.78 is 49.8. The van der Waals surface area contributed by atoms with Gasteiger partial charge in [-0.15, -0.1) is 0 Å². The molecule has 172 valence electrons. The zero-order chi connectivity index (χ0) is 22.9. The van der Waals surface area contributed by atoms with Crippen LogP contribution in [-0.2, 0) is 21.3 Å². The molecule has 0 aliphatic carbocycles. The Hall–Kier alpha value is -2.38. The maximum Gasteiger partial charge on any atom is 0.416 e. The molecule has 4 nitrogen and oxygen atoms in total. The molecule has 2 aromatic carbocycles. The second-order valence-corrected chi connectivity index (χ2v) is 8.92. The Labute approximate surface area is 186 Å². The van der Waals surface area contributed by atoms with Crippen LogP contribution >= 0.6 is 0 Å². The SMILES string of the molecule is CC(C)OC1(c2ccc(C(=O)N3CCC(c4ccc(C(F)(F)F)cc4)CC3)cc2)COC1. The Balaban J connectivity index is 1.36. The van der Waals surface area contributed by atoms with Gasteiger partial charge in [0.25, 0.3) is 5.91 Å². The zero-order valence-electron chi connectivity index (χ0n) is 18.3. The lowest BCUT2D eigenvalue weighted by Crippen LogP contribution is -2.50. The minimum absolute atomic E-state index is 0.0221. The van der Waals surface area contributed by atoms with Crippen LogP contribution in [0.2, 0.25) is 0 Å². The number of carbonyl (C=O) groups excluding carboxylic acids is 1. The second kappa shape index (κ2) is 8.87. The summed E-state index contributed by atoms with van der Waals surface area (Å²) in [7, 11) is 0. The first kappa shape index (κ1) is 22.8. The van der Waals surface area contributed by atoms with Crippen molar-refractivity contribution in [2.24, 2.45) is 0 Å². The Kier molecular flexibility index (Phi) is 6.32. The number of amides is 1. The van der Waals surface area contributed by atoms with Gasteiger partial charge in [0.05, 0.1) is 24.9 Å². The van der Waals surface area contributed by atoms with Crippen molar-refractivity contribution in [3.63, 3.8) is 0 Å². The molecule has 2 aromatic rings. The summed E-state index contributed by atoms with van der Waals surface area (Å²) in [5.41, 5.74) is 1.46. The van der Waals surface area contributed by atoms with Crippen molar-refractivity contribution in [2.75, 3.05) is 26.3 Å². The van der Waals surface area contributed by atoms with Crippen LogP contribution in [0.5, 0.6) is 0 Å². The molecule has 0 saturated carbocycles. The van der Waals surface area contributed by atoms with Gasteiger partial charge in [-0.1, -0.05) is 24.3 Å². The van der Waals surface area contributed by atoms with Gasteiger partial charge in [0, 0.05) is 18.7 Å². The fraction of sp³-hybridized carbons (Fsp3) is 0.480. The fourth-order valence-corrected chi connectivity index (χ4v) is 4.50. The highest BCUT2D eigenvalue weighted by molar-refractivity contribution is 5.94. The Morgan fingerprint density at radius 1 is 1.03 bits per heavy atom. The quantitative estimate of drug-likeness (QED) is 0.618. The number of hydrogen-bond acceptors (Lipinski definition) is 3. The van der Waals surface area contributed by atoms with Gasteiger partial charge in [-0.05, 0) is 68.0 Å². The Morgan fingerprint density at radius 2 is 1.62 bits per heavy atom. The molecule has 0 aromatic heterocycles. The second-order valence-electron chi connectivity index (χ2n) is 8.92. The van der Waals surface area contributed by atoms with E-state index in [9.17, 15) is 18.0 Å². The molecule has 0 unspecified atom stereocenters. The van der Waals surface area contributed by atoms with Crippen molar-refractivity contribution >= 4 is 5.91 Å². The topological polar surface area (TPSA) is 38.8 Å². The zero-order valence-corrected chi connectivity index (χ0v) is 18.3. The van der Waals surface area contributed by atoms with Gasteiger partial charge in [-0.25, -0.2) is 0 Å². The number of halogens is 3. The number of rotatable bonds is 5. The molecule has 0 bridgehead atoms. The third kappa shape index (κ3) is 4.69. The molecule has 2 aliphatic heterocycles. The number of ether oxygens (including phenoxy) is 2. The molecule has 2 saturated heterocycles. The smallest absolute Gasteiger partial charge is 0.375 e. The number of benzene rings is 2. The van der Waals surface area contributed by atoms with Crippen LogP contribution in [-0.4, -0.2) is 43.2 Å². The summed E-state index contributed by atoms with van der Waals surface area (Å²) in [4.78, 5) is 14.8. The van der Waals surface area contributed by atoms with E-state index in [1.54, 1.807) is 12.1 Å². The Morgan fingerprint density at radius 3 is 2.09 bits per heavy atom. The van der Waals surface area contributed by atoms with Crippen LogP contribution in [0.3, 0.4) is 0 Å². The number of piperidine rings is 1. The summed E-state index contributed by atoms with van der Waals surface area (Å²) in [5.74, 6) is 0.140. The van der Waals surface area contributed by atoms with Crippen molar-refractivity contribution in [3.05, 3.63) is 70.8 Å². The molecule has 32 heavy (non-hydrogen) atoms. The van der Waals surface area contributed by atoms with Gasteiger partial charge >= 0.3 is 6.18 Å². The van der Waals surface area contributed by atoms with Gasteiger partial charge in [-0.3, -0.25) is 4.79 Å². The highest BCUT2D eigenvalue weighted by Gasteiger charge is 2.42. The van der Waals surface area contributed by atoms with E-state index in [0.717, 1.165) is 36.1 Å². The lowest BCUT2D eigenvalue weighted by Gasteiger charge is -2.43. The van der Waals surface area contributed by atoms with Crippen molar-refractivity contribution in [1.82, 2.24) is 4.90 Å². The average molecular weight is 447 g/mol. The molecule has 2 fully saturated rings. The first-order valence-corrected chi connectivity index (χ1v) is 11.0. The third-order valence-electron chi connectivity index (χ3n) is 6.28. The molecule has 0 spiro atoms. The molecule has 1 amide bonds. The van der Waals surface area contributed by atoms with E-state index in [4.69, 9.17) is 9.47 Å². The molecule has 2 heterocycles. The first-order valence-electron chi connectivity index (χ1n) is 11.0.